The van der Waals surface area contributed by atoms with Crippen molar-refractivity contribution in [1.29, 1.82) is 0 Å². The highest BCUT2D eigenvalue weighted by atomic mass is 79.9. The Morgan fingerprint density at radius 3 is 2.85 bits per heavy atom. The fourth-order valence-corrected chi connectivity index (χ4v) is 2.20. The van der Waals surface area contributed by atoms with Crippen LogP contribution >= 0.6 is 15.9 Å². The van der Waals surface area contributed by atoms with E-state index in [0.717, 1.165) is 6.42 Å². The number of rotatable bonds is 5. The van der Waals surface area contributed by atoms with Crippen LogP contribution < -0.4 is 4.74 Å². The predicted molar refractivity (Wildman–Crippen MR) is 77.6 cm³/mol. The molecule has 0 saturated carbocycles. The first-order valence-corrected chi connectivity index (χ1v) is 6.98. The minimum absolute atomic E-state index is 0.230. The molecule has 2 aromatic rings. The van der Waals surface area contributed by atoms with E-state index in [9.17, 15) is 9.18 Å². The Hall–Kier alpha value is -1.75. The summed E-state index contributed by atoms with van der Waals surface area (Å²) in [5, 5.41) is 0. The molecular formula is C15H13BrFNO2. The maximum atomic E-state index is 13.0. The number of hydrogen-bond donors (Lipinski definition) is 0. The number of ketones is 1. The van der Waals surface area contributed by atoms with Crippen LogP contribution in [0.2, 0.25) is 0 Å². The molecule has 0 saturated heterocycles. The maximum absolute atomic E-state index is 13.0. The second kappa shape index (κ2) is 6.61. The van der Waals surface area contributed by atoms with Gasteiger partial charge in [0.2, 0.25) is 0 Å². The van der Waals surface area contributed by atoms with Crippen LogP contribution in [0.5, 0.6) is 5.75 Å². The molecule has 0 radical (unpaired) electrons. The summed E-state index contributed by atoms with van der Waals surface area (Å²) in [5.41, 5.74) is 0.798. The normalized spacial score (nSPS) is 10.3. The molecule has 2 rings (SSSR count). The molecule has 0 N–H and O–H groups in total. The van der Waals surface area contributed by atoms with Crippen molar-refractivity contribution >= 4 is 21.7 Å². The quantitative estimate of drug-likeness (QED) is 0.774. The van der Waals surface area contributed by atoms with Gasteiger partial charge in [-0.05, 0) is 46.6 Å². The van der Waals surface area contributed by atoms with Gasteiger partial charge in [-0.25, -0.2) is 4.39 Å². The van der Waals surface area contributed by atoms with Crippen LogP contribution in [0.15, 0.2) is 41.1 Å². The van der Waals surface area contributed by atoms with Crippen molar-refractivity contribution in [2.45, 2.75) is 13.3 Å². The van der Waals surface area contributed by atoms with E-state index < -0.39 is 5.82 Å². The summed E-state index contributed by atoms with van der Waals surface area (Å²) in [5.74, 6) is -0.0752. The molecule has 104 valence electrons. The van der Waals surface area contributed by atoms with E-state index in [1.54, 1.807) is 12.3 Å². The number of ether oxygens (including phenoxy) is 1. The van der Waals surface area contributed by atoms with Gasteiger partial charge < -0.3 is 4.74 Å². The van der Waals surface area contributed by atoms with E-state index in [1.807, 2.05) is 6.92 Å². The van der Waals surface area contributed by atoms with E-state index in [-0.39, 0.29) is 5.78 Å². The molecule has 0 unspecified atom stereocenters. The molecule has 1 heterocycles. The number of halogens is 2. The first-order chi connectivity index (χ1) is 9.61. The van der Waals surface area contributed by atoms with Gasteiger partial charge in [0.25, 0.3) is 0 Å². The van der Waals surface area contributed by atoms with Crippen molar-refractivity contribution in [3.63, 3.8) is 0 Å². The molecule has 3 nitrogen and oxygen atoms in total. The topological polar surface area (TPSA) is 39.2 Å². The minimum atomic E-state index is -0.397. The Labute approximate surface area is 124 Å². The Bertz CT molecular complexity index is 631. The molecule has 0 amide bonds. The lowest BCUT2D eigenvalue weighted by Crippen LogP contribution is -2.04. The van der Waals surface area contributed by atoms with Gasteiger partial charge >= 0.3 is 0 Å². The highest BCUT2D eigenvalue weighted by molar-refractivity contribution is 9.10. The molecule has 0 spiro atoms. The Morgan fingerprint density at radius 2 is 2.15 bits per heavy atom. The van der Waals surface area contributed by atoms with Gasteiger partial charge in [-0.15, -0.1) is 0 Å². The van der Waals surface area contributed by atoms with Gasteiger partial charge in [-0.1, -0.05) is 6.92 Å². The smallest absolute Gasteiger partial charge is 0.195 e. The number of nitrogens with zero attached hydrogens (tertiary/aromatic N) is 1. The van der Waals surface area contributed by atoms with Gasteiger partial charge in [0, 0.05) is 21.8 Å². The van der Waals surface area contributed by atoms with E-state index >= 15 is 0 Å². The first kappa shape index (κ1) is 14.7. The van der Waals surface area contributed by atoms with Gasteiger partial charge in [0.15, 0.2) is 5.78 Å². The summed E-state index contributed by atoms with van der Waals surface area (Å²) in [7, 11) is 0. The Kier molecular flexibility index (Phi) is 4.84. The first-order valence-electron chi connectivity index (χ1n) is 6.19. The number of carbonyl (C=O) groups is 1. The van der Waals surface area contributed by atoms with E-state index in [4.69, 9.17) is 4.74 Å². The summed E-state index contributed by atoms with van der Waals surface area (Å²) in [4.78, 5) is 16.4. The zero-order valence-electron chi connectivity index (χ0n) is 10.9. The number of pyridine rings is 1. The summed E-state index contributed by atoms with van der Waals surface area (Å²) >= 11 is 3.19. The van der Waals surface area contributed by atoms with Gasteiger partial charge in [0.1, 0.15) is 11.6 Å². The third-order valence-corrected chi connectivity index (χ3v) is 3.28. The van der Waals surface area contributed by atoms with E-state index in [1.165, 1.54) is 24.4 Å². The fourth-order valence-electron chi connectivity index (χ4n) is 1.67. The van der Waals surface area contributed by atoms with Crippen LogP contribution in [0.4, 0.5) is 4.39 Å². The van der Waals surface area contributed by atoms with Crippen molar-refractivity contribution in [2.24, 2.45) is 0 Å². The lowest BCUT2D eigenvalue weighted by molar-refractivity contribution is 0.103. The Balaban J connectivity index is 2.28. The molecule has 5 heteroatoms. The average molecular weight is 338 g/mol. The average Bonchev–Trinajstić information content (AvgIpc) is 2.45. The minimum Gasteiger partial charge on any atom is -0.492 e. The number of benzene rings is 1. The van der Waals surface area contributed by atoms with Crippen molar-refractivity contribution < 1.29 is 13.9 Å². The van der Waals surface area contributed by atoms with Crippen molar-refractivity contribution in [2.75, 3.05) is 6.61 Å². The van der Waals surface area contributed by atoms with Crippen LogP contribution in [0.1, 0.15) is 29.3 Å². The third kappa shape index (κ3) is 3.42. The number of carbonyl (C=O) groups excluding carboxylic acids is 1. The molecule has 1 aromatic heterocycles. The van der Waals surface area contributed by atoms with Crippen LogP contribution in [0.3, 0.4) is 0 Å². The van der Waals surface area contributed by atoms with Crippen molar-refractivity contribution in [3.8, 4) is 5.75 Å². The van der Waals surface area contributed by atoms with Crippen LogP contribution in [0.25, 0.3) is 0 Å². The molecule has 0 fully saturated rings. The molecule has 1 aromatic carbocycles. The molecule has 0 aliphatic rings. The molecule has 0 aliphatic heterocycles. The summed E-state index contributed by atoms with van der Waals surface area (Å²) in [6.45, 7) is 2.57. The summed E-state index contributed by atoms with van der Waals surface area (Å²) in [6.07, 6.45) is 3.91. The predicted octanol–water partition coefficient (Wildman–Crippen LogP) is 4.00. The van der Waals surface area contributed by atoms with Gasteiger partial charge in [-0.2, -0.15) is 0 Å². The molecular weight excluding hydrogens is 325 g/mol. The summed E-state index contributed by atoms with van der Waals surface area (Å²) in [6, 6.07) is 5.60. The van der Waals surface area contributed by atoms with Gasteiger partial charge in [-0.3, -0.25) is 9.78 Å². The van der Waals surface area contributed by atoms with Crippen LogP contribution in [-0.2, 0) is 0 Å². The molecule has 0 aliphatic carbocycles. The monoisotopic (exact) mass is 337 g/mol. The largest absolute Gasteiger partial charge is 0.492 e. The molecule has 20 heavy (non-hydrogen) atoms. The zero-order chi connectivity index (χ0) is 14.5. The lowest BCUT2D eigenvalue weighted by atomic mass is 10.1. The van der Waals surface area contributed by atoms with Crippen LogP contribution in [0, 0.1) is 5.82 Å². The van der Waals surface area contributed by atoms with Crippen LogP contribution in [-0.4, -0.2) is 17.4 Å². The number of hydrogen-bond acceptors (Lipinski definition) is 3. The second-order valence-corrected chi connectivity index (χ2v) is 5.07. The highest BCUT2D eigenvalue weighted by Gasteiger charge is 2.14. The highest BCUT2D eigenvalue weighted by Crippen LogP contribution is 2.22. The fraction of sp³-hybridized carbons (Fsp3) is 0.200. The standard InChI is InChI=1S/C15H13BrFNO2/c1-2-5-20-12-6-10(8-18-9-12)15(19)13-4-3-11(17)7-14(13)16/h3-4,6-9H,2,5H2,1H3. The molecule has 0 bridgehead atoms. The van der Waals surface area contributed by atoms with Gasteiger partial charge in [0.05, 0.1) is 12.8 Å². The molecule has 0 atom stereocenters. The lowest BCUT2D eigenvalue weighted by Gasteiger charge is -2.07. The second-order valence-electron chi connectivity index (χ2n) is 4.21. The summed E-state index contributed by atoms with van der Waals surface area (Å²) < 4.78 is 18.9. The maximum Gasteiger partial charge on any atom is 0.195 e. The number of aromatic nitrogens is 1. The van der Waals surface area contributed by atoms with Crippen molar-refractivity contribution in [3.05, 3.63) is 58.1 Å². The third-order valence-electron chi connectivity index (χ3n) is 2.62. The van der Waals surface area contributed by atoms with E-state index in [0.29, 0.717) is 28.0 Å². The van der Waals surface area contributed by atoms with E-state index in [2.05, 4.69) is 20.9 Å². The Morgan fingerprint density at radius 1 is 1.35 bits per heavy atom. The SMILES string of the molecule is CCCOc1cncc(C(=O)c2ccc(F)cc2Br)c1. The zero-order valence-corrected chi connectivity index (χ0v) is 12.5. The van der Waals surface area contributed by atoms with Crippen molar-refractivity contribution in [1.82, 2.24) is 4.98 Å².